The zero-order valence-corrected chi connectivity index (χ0v) is 34.4. The van der Waals surface area contributed by atoms with Crippen molar-refractivity contribution in [1.82, 2.24) is 0 Å². The van der Waals surface area contributed by atoms with Crippen LogP contribution in [0.25, 0.3) is 34.4 Å². The molecule has 0 saturated heterocycles. The van der Waals surface area contributed by atoms with Crippen molar-refractivity contribution in [2.24, 2.45) is 0 Å². The van der Waals surface area contributed by atoms with E-state index in [1.54, 1.807) is 0 Å². The topological polar surface area (TPSA) is 6.48 Å². The van der Waals surface area contributed by atoms with E-state index in [4.69, 9.17) is 0 Å². The molecule has 0 bridgehead atoms. The highest BCUT2D eigenvalue weighted by molar-refractivity contribution is 5.89. The van der Waals surface area contributed by atoms with Crippen LogP contribution in [-0.2, 0) is 10.8 Å². The van der Waals surface area contributed by atoms with Crippen molar-refractivity contribution in [2.75, 3.05) is 9.80 Å². The molecule has 0 radical (unpaired) electrons. The molecule has 0 atom stereocenters. The van der Waals surface area contributed by atoms with E-state index < -0.39 is 0 Å². The van der Waals surface area contributed by atoms with E-state index in [1.807, 2.05) is 0 Å². The first-order valence-electron chi connectivity index (χ1n) is 20.8. The lowest BCUT2D eigenvalue weighted by Crippen LogP contribution is -2.17. The maximum atomic E-state index is 2.42. The predicted molar refractivity (Wildman–Crippen MR) is 251 cm³/mol. The van der Waals surface area contributed by atoms with Gasteiger partial charge in [0.15, 0.2) is 0 Å². The number of fused-ring (bicyclic) bond motifs is 6. The minimum absolute atomic E-state index is 0.152. The maximum Gasteiger partial charge on any atom is 0.0490 e. The van der Waals surface area contributed by atoms with Crippen molar-refractivity contribution in [3.8, 4) is 22.3 Å². The number of nitrogens with zero attached hydrogens (tertiary/aromatic N) is 2. The molecule has 0 aromatic heterocycles. The van der Waals surface area contributed by atoms with Crippen LogP contribution in [0, 0.1) is 6.92 Å². The molecular formula is C57H48N2. The molecule has 8 aromatic rings. The Balaban J connectivity index is 0.945. The van der Waals surface area contributed by atoms with Crippen LogP contribution in [0.15, 0.2) is 188 Å². The molecule has 2 heteroatoms. The first kappa shape index (κ1) is 36.4. The molecule has 0 spiro atoms. The largest absolute Gasteiger partial charge is 0.310 e. The van der Waals surface area contributed by atoms with Gasteiger partial charge in [0.25, 0.3) is 0 Å². The summed E-state index contributed by atoms with van der Waals surface area (Å²) in [6.45, 7) is 11.7. The van der Waals surface area contributed by atoms with E-state index in [9.17, 15) is 0 Å². The summed E-state index contributed by atoms with van der Waals surface area (Å²) in [5.74, 6) is 0. The van der Waals surface area contributed by atoms with Gasteiger partial charge in [0.05, 0.1) is 0 Å². The van der Waals surface area contributed by atoms with Crippen molar-refractivity contribution >= 4 is 46.3 Å². The number of anilines is 6. The lowest BCUT2D eigenvalue weighted by atomic mass is 9.81. The van der Waals surface area contributed by atoms with Gasteiger partial charge in [-0.2, -0.15) is 0 Å². The Morgan fingerprint density at radius 3 is 1.14 bits per heavy atom. The zero-order chi connectivity index (χ0) is 40.3. The fourth-order valence-corrected chi connectivity index (χ4v) is 9.58. The third-order valence-corrected chi connectivity index (χ3v) is 12.8. The van der Waals surface area contributed by atoms with Gasteiger partial charge in [0.2, 0.25) is 0 Å². The summed E-state index contributed by atoms with van der Waals surface area (Å²) < 4.78 is 0. The van der Waals surface area contributed by atoms with Crippen LogP contribution < -0.4 is 9.80 Å². The molecule has 59 heavy (non-hydrogen) atoms. The summed E-state index contributed by atoms with van der Waals surface area (Å²) in [7, 11) is 0. The van der Waals surface area contributed by atoms with Gasteiger partial charge in [0.1, 0.15) is 0 Å². The Bertz CT molecular complexity index is 2850. The minimum atomic E-state index is -0.155. The molecule has 0 aliphatic heterocycles. The molecule has 2 aliphatic rings. The quantitative estimate of drug-likeness (QED) is 0.142. The zero-order valence-electron chi connectivity index (χ0n) is 34.4. The van der Waals surface area contributed by atoms with E-state index in [1.165, 1.54) is 78.3 Å². The van der Waals surface area contributed by atoms with Crippen LogP contribution in [0.5, 0.6) is 0 Å². The molecule has 2 aliphatic carbocycles. The van der Waals surface area contributed by atoms with Crippen LogP contribution >= 0.6 is 0 Å². The first-order valence-corrected chi connectivity index (χ1v) is 20.8. The number of para-hydroxylation sites is 4. The number of hydrogen-bond acceptors (Lipinski definition) is 2. The van der Waals surface area contributed by atoms with Crippen molar-refractivity contribution < 1.29 is 0 Å². The van der Waals surface area contributed by atoms with E-state index in [-0.39, 0.29) is 10.8 Å². The van der Waals surface area contributed by atoms with Crippen molar-refractivity contribution in [3.05, 3.63) is 227 Å². The van der Waals surface area contributed by atoms with Crippen molar-refractivity contribution in [3.63, 3.8) is 0 Å². The maximum absolute atomic E-state index is 2.42. The molecule has 8 aromatic carbocycles. The van der Waals surface area contributed by atoms with Crippen molar-refractivity contribution in [2.45, 2.75) is 45.4 Å². The lowest BCUT2D eigenvalue weighted by molar-refractivity contribution is 0.660. The summed E-state index contributed by atoms with van der Waals surface area (Å²) in [6.07, 6.45) is 4.57. The summed E-state index contributed by atoms with van der Waals surface area (Å²) >= 11 is 0. The highest BCUT2D eigenvalue weighted by Gasteiger charge is 2.37. The highest BCUT2D eigenvalue weighted by Crippen LogP contribution is 2.53. The molecule has 0 N–H and O–H groups in total. The molecule has 0 amide bonds. The van der Waals surface area contributed by atoms with Crippen LogP contribution in [0.2, 0.25) is 0 Å². The molecule has 0 fully saturated rings. The summed E-state index contributed by atoms with van der Waals surface area (Å²) in [6, 6.07) is 68.7. The Kier molecular flexibility index (Phi) is 8.76. The average molecular weight is 761 g/mol. The number of rotatable bonds is 8. The van der Waals surface area contributed by atoms with E-state index >= 15 is 0 Å². The fourth-order valence-electron chi connectivity index (χ4n) is 9.58. The Morgan fingerprint density at radius 2 is 0.695 bits per heavy atom. The van der Waals surface area contributed by atoms with Gasteiger partial charge in [-0.25, -0.2) is 0 Å². The Hall–Kier alpha value is -6.90. The average Bonchev–Trinajstić information content (AvgIpc) is 3.63. The van der Waals surface area contributed by atoms with E-state index in [2.05, 4.69) is 245 Å². The van der Waals surface area contributed by atoms with Crippen LogP contribution in [-0.4, -0.2) is 0 Å². The second-order valence-corrected chi connectivity index (χ2v) is 17.1. The molecule has 0 heterocycles. The molecule has 286 valence electrons. The molecule has 2 nitrogen and oxygen atoms in total. The van der Waals surface area contributed by atoms with Crippen LogP contribution in [0.1, 0.15) is 66.6 Å². The fraction of sp³-hybridized carbons (Fsp3) is 0.123. The normalized spacial score (nSPS) is 14.1. The monoisotopic (exact) mass is 760 g/mol. The summed E-state index contributed by atoms with van der Waals surface area (Å²) in [4.78, 5) is 4.75. The van der Waals surface area contributed by atoms with Crippen molar-refractivity contribution in [1.29, 1.82) is 0 Å². The van der Waals surface area contributed by atoms with Gasteiger partial charge in [-0.15, -0.1) is 0 Å². The van der Waals surface area contributed by atoms with Gasteiger partial charge >= 0.3 is 0 Å². The van der Waals surface area contributed by atoms with Gasteiger partial charge in [-0.05, 0) is 135 Å². The standard InChI is InChI=1S/C57H48N2/c1-39-17-15-16-24-55(39)59(44-22-13-8-14-23-44)46-30-34-50-48-32-28-41(36-52(48)57(4,5)54(50)38-46)26-25-40-27-31-47-49-33-29-45(37-53(49)56(2,3)51(47)35-40)58(42-18-9-6-10-19-42)43-20-11-7-12-21-43/h6-38H,1-5H3/b26-25+. The number of aryl methyl sites for hydroxylation is 1. The van der Waals surface area contributed by atoms with Gasteiger partial charge < -0.3 is 9.80 Å². The first-order chi connectivity index (χ1) is 28.7. The van der Waals surface area contributed by atoms with Gasteiger partial charge in [-0.1, -0.05) is 161 Å². The van der Waals surface area contributed by atoms with Gasteiger partial charge in [-0.3, -0.25) is 0 Å². The number of benzene rings is 8. The van der Waals surface area contributed by atoms with Crippen LogP contribution in [0.3, 0.4) is 0 Å². The predicted octanol–water partition coefficient (Wildman–Crippen LogP) is 15.7. The summed E-state index contributed by atoms with van der Waals surface area (Å²) in [5.41, 5.74) is 21.1. The molecule has 10 rings (SSSR count). The molecular weight excluding hydrogens is 713 g/mol. The second kappa shape index (κ2) is 14.2. The lowest BCUT2D eigenvalue weighted by Gasteiger charge is -2.29. The Labute approximate surface area is 349 Å². The SMILES string of the molecule is Cc1ccccc1N(c1ccccc1)c1ccc2c(c1)C(C)(C)c1cc(/C=C/c3ccc4c(c3)C(C)(C)c3cc(N(c5ccccc5)c5ccccc5)ccc3-4)ccc1-2. The van der Waals surface area contributed by atoms with Gasteiger partial charge in [0, 0.05) is 45.0 Å². The number of hydrogen-bond donors (Lipinski definition) is 0. The molecule has 0 saturated carbocycles. The molecule has 0 unspecified atom stereocenters. The Morgan fingerprint density at radius 1 is 0.339 bits per heavy atom. The van der Waals surface area contributed by atoms with E-state index in [0.717, 1.165) is 17.1 Å². The second-order valence-electron chi connectivity index (χ2n) is 17.1. The highest BCUT2D eigenvalue weighted by atomic mass is 15.1. The third-order valence-electron chi connectivity index (χ3n) is 12.8. The van der Waals surface area contributed by atoms with Crippen LogP contribution in [0.4, 0.5) is 34.1 Å². The minimum Gasteiger partial charge on any atom is -0.310 e. The summed E-state index contributed by atoms with van der Waals surface area (Å²) in [5, 5.41) is 0. The third kappa shape index (κ3) is 6.19. The van der Waals surface area contributed by atoms with E-state index in [0.29, 0.717) is 0 Å². The smallest absolute Gasteiger partial charge is 0.0490 e.